The normalized spacial score (nSPS) is 10.0. The topological polar surface area (TPSA) is 61.6 Å². The van der Waals surface area contributed by atoms with Crippen molar-refractivity contribution in [3.63, 3.8) is 0 Å². The van der Waals surface area contributed by atoms with E-state index in [-0.39, 0.29) is 12.3 Å². The first-order valence-electron chi connectivity index (χ1n) is 6.42. The van der Waals surface area contributed by atoms with Gasteiger partial charge in [-0.2, -0.15) is 0 Å². The maximum absolute atomic E-state index is 10.8. The summed E-state index contributed by atoms with van der Waals surface area (Å²) in [6.07, 6.45) is 0.247. The van der Waals surface area contributed by atoms with Crippen LogP contribution in [0, 0.1) is 0 Å². The summed E-state index contributed by atoms with van der Waals surface area (Å²) < 4.78 is 11.1. The maximum Gasteiger partial charge on any atom is 0.221 e. The highest BCUT2D eigenvalue weighted by molar-refractivity contribution is 5.76. The number of amides is 1. The van der Waals surface area contributed by atoms with Gasteiger partial charge in [-0.1, -0.05) is 30.3 Å². The second-order valence-electron chi connectivity index (χ2n) is 4.30. The summed E-state index contributed by atoms with van der Waals surface area (Å²) in [7, 11) is 0. The van der Waals surface area contributed by atoms with Crippen LogP contribution in [-0.4, -0.2) is 19.1 Å². The van der Waals surface area contributed by atoms with E-state index in [0.29, 0.717) is 13.2 Å². The lowest BCUT2D eigenvalue weighted by Crippen LogP contribution is -2.13. The van der Waals surface area contributed by atoms with Crippen LogP contribution in [0.2, 0.25) is 0 Å². The molecule has 1 amide bonds. The molecule has 2 N–H and O–H groups in total. The molecule has 0 radical (unpaired) electrons. The molecule has 4 nitrogen and oxygen atoms in total. The molecule has 0 saturated heterocycles. The van der Waals surface area contributed by atoms with Gasteiger partial charge in [0.15, 0.2) is 0 Å². The second kappa shape index (κ2) is 7.19. The van der Waals surface area contributed by atoms with Crippen molar-refractivity contribution in [2.24, 2.45) is 5.73 Å². The van der Waals surface area contributed by atoms with Gasteiger partial charge in [0.1, 0.15) is 24.7 Å². The van der Waals surface area contributed by atoms with E-state index in [1.165, 1.54) is 0 Å². The van der Waals surface area contributed by atoms with Crippen LogP contribution in [0.3, 0.4) is 0 Å². The molecule has 0 bridgehead atoms. The van der Waals surface area contributed by atoms with Gasteiger partial charge in [0.2, 0.25) is 5.91 Å². The Bertz CT molecular complexity index is 537. The lowest BCUT2D eigenvalue weighted by Gasteiger charge is -2.08. The third-order valence-electron chi connectivity index (χ3n) is 2.67. The Morgan fingerprint density at radius 2 is 1.40 bits per heavy atom. The number of carbonyl (C=O) groups excluding carboxylic acids is 1. The van der Waals surface area contributed by atoms with E-state index < -0.39 is 0 Å². The van der Waals surface area contributed by atoms with Crippen LogP contribution in [0.5, 0.6) is 11.5 Å². The predicted octanol–water partition coefficient (Wildman–Crippen LogP) is 2.17. The minimum absolute atomic E-state index is 0.247. The van der Waals surface area contributed by atoms with E-state index in [0.717, 1.165) is 17.1 Å². The minimum atomic E-state index is -0.338. The highest BCUT2D eigenvalue weighted by atomic mass is 16.5. The molecule has 0 spiro atoms. The molecule has 0 saturated carbocycles. The van der Waals surface area contributed by atoms with Crippen molar-refractivity contribution >= 4 is 5.91 Å². The summed E-state index contributed by atoms with van der Waals surface area (Å²) in [5, 5.41) is 0. The number of primary amides is 1. The Hall–Kier alpha value is -2.49. The van der Waals surface area contributed by atoms with Gasteiger partial charge in [-0.25, -0.2) is 0 Å². The lowest BCUT2D eigenvalue weighted by atomic mass is 10.1. The Labute approximate surface area is 118 Å². The van der Waals surface area contributed by atoms with Gasteiger partial charge in [-0.15, -0.1) is 0 Å². The molecule has 2 rings (SSSR count). The average Bonchev–Trinajstić information content (AvgIpc) is 2.46. The van der Waals surface area contributed by atoms with Crippen molar-refractivity contribution in [1.29, 1.82) is 0 Å². The summed E-state index contributed by atoms with van der Waals surface area (Å²) in [6.45, 7) is 0.942. The molecule has 0 atom stereocenters. The zero-order valence-corrected chi connectivity index (χ0v) is 11.1. The highest BCUT2D eigenvalue weighted by Gasteiger charge is 1.99. The van der Waals surface area contributed by atoms with Crippen molar-refractivity contribution in [2.75, 3.05) is 13.2 Å². The smallest absolute Gasteiger partial charge is 0.221 e. The van der Waals surface area contributed by atoms with E-state index in [9.17, 15) is 4.79 Å². The number of carbonyl (C=O) groups is 1. The van der Waals surface area contributed by atoms with Crippen LogP contribution < -0.4 is 15.2 Å². The van der Waals surface area contributed by atoms with E-state index >= 15 is 0 Å². The molecule has 0 aromatic heterocycles. The summed E-state index contributed by atoms with van der Waals surface area (Å²) in [5.74, 6) is 1.23. The first kappa shape index (κ1) is 13.9. The first-order valence-corrected chi connectivity index (χ1v) is 6.42. The van der Waals surface area contributed by atoms with Crippen molar-refractivity contribution in [3.05, 3.63) is 60.2 Å². The average molecular weight is 271 g/mol. The Morgan fingerprint density at radius 3 is 1.95 bits per heavy atom. The monoisotopic (exact) mass is 271 g/mol. The standard InChI is InChI=1S/C16H17NO3/c17-16(18)12-13-6-8-15(9-7-13)20-11-10-19-14-4-2-1-3-5-14/h1-9H,10-12H2,(H2,17,18). The maximum atomic E-state index is 10.8. The van der Waals surface area contributed by atoms with Gasteiger partial charge in [-0.3, -0.25) is 4.79 Å². The van der Waals surface area contributed by atoms with Crippen LogP contribution in [0.15, 0.2) is 54.6 Å². The zero-order chi connectivity index (χ0) is 14.2. The number of nitrogens with two attached hydrogens (primary N) is 1. The van der Waals surface area contributed by atoms with Gasteiger partial charge in [0, 0.05) is 0 Å². The molecule has 0 heterocycles. The minimum Gasteiger partial charge on any atom is -0.490 e. The van der Waals surface area contributed by atoms with E-state index in [1.54, 1.807) is 0 Å². The number of ether oxygens (including phenoxy) is 2. The fraction of sp³-hybridized carbons (Fsp3) is 0.188. The van der Waals surface area contributed by atoms with Crippen molar-refractivity contribution in [1.82, 2.24) is 0 Å². The van der Waals surface area contributed by atoms with Crippen LogP contribution in [-0.2, 0) is 11.2 Å². The van der Waals surface area contributed by atoms with Crippen LogP contribution in [0.1, 0.15) is 5.56 Å². The highest BCUT2D eigenvalue weighted by Crippen LogP contribution is 2.13. The van der Waals surface area contributed by atoms with Crippen LogP contribution >= 0.6 is 0 Å². The molecule has 2 aromatic rings. The van der Waals surface area contributed by atoms with Crippen LogP contribution in [0.25, 0.3) is 0 Å². The molecular weight excluding hydrogens is 254 g/mol. The summed E-state index contributed by atoms with van der Waals surface area (Å²) in [5.41, 5.74) is 6.01. The SMILES string of the molecule is NC(=O)Cc1ccc(OCCOc2ccccc2)cc1. The molecule has 0 fully saturated rings. The molecule has 104 valence electrons. The fourth-order valence-corrected chi connectivity index (χ4v) is 1.74. The Morgan fingerprint density at radius 1 is 0.850 bits per heavy atom. The molecule has 0 aliphatic carbocycles. The first-order chi connectivity index (χ1) is 9.74. The Kier molecular flexibility index (Phi) is 5.00. The molecule has 2 aromatic carbocycles. The molecule has 4 heteroatoms. The Balaban J connectivity index is 1.73. The number of para-hydroxylation sites is 1. The quantitative estimate of drug-likeness (QED) is 0.785. The molecule has 0 aliphatic rings. The van der Waals surface area contributed by atoms with Gasteiger partial charge in [0.05, 0.1) is 6.42 Å². The fourth-order valence-electron chi connectivity index (χ4n) is 1.74. The van der Waals surface area contributed by atoms with Gasteiger partial charge < -0.3 is 15.2 Å². The number of hydrogen-bond donors (Lipinski definition) is 1. The molecular formula is C16H17NO3. The van der Waals surface area contributed by atoms with Crippen LogP contribution in [0.4, 0.5) is 0 Å². The summed E-state index contributed by atoms with van der Waals surface area (Å²) in [4.78, 5) is 10.8. The van der Waals surface area contributed by atoms with E-state index in [2.05, 4.69) is 0 Å². The van der Waals surface area contributed by atoms with Gasteiger partial charge in [-0.05, 0) is 29.8 Å². The van der Waals surface area contributed by atoms with Crippen molar-refractivity contribution < 1.29 is 14.3 Å². The van der Waals surface area contributed by atoms with E-state index in [4.69, 9.17) is 15.2 Å². The number of rotatable bonds is 7. The molecule has 0 aliphatic heterocycles. The summed E-state index contributed by atoms with van der Waals surface area (Å²) >= 11 is 0. The third kappa shape index (κ3) is 4.65. The molecule has 20 heavy (non-hydrogen) atoms. The van der Waals surface area contributed by atoms with Crippen molar-refractivity contribution in [3.8, 4) is 11.5 Å². The van der Waals surface area contributed by atoms with Gasteiger partial charge in [0.25, 0.3) is 0 Å². The second-order valence-corrected chi connectivity index (χ2v) is 4.30. The van der Waals surface area contributed by atoms with Crippen molar-refractivity contribution in [2.45, 2.75) is 6.42 Å². The summed E-state index contributed by atoms with van der Waals surface area (Å²) in [6, 6.07) is 16.9. The van der Waals surface area contributed by atoms with E-state index in [1.807, 2.05) is 54.6 Å². The molecule has 0 unspecified atom stereocenters. The number of benzene rings is 2. The largest absolute Gasteiger partial charge is 0.490 e. The number of hydrogen-bond acceptors (Lipinski definition) is 3. The zero-order valence-electron chi connectivity index (χ0n) is 11.1. The predicted molar refractivity (Wildman–Crippen MR) is 76.8 cm³/mol. The van der Waals surface area contributed by atoms with Gasteiger partial charge >= 0.3 is 0 Å². The lowest BCUT2D eigenvalue weighted by molar-refractivity contribution is -0.117. The third-order valence-corrected chi connectivity index (χ3v) is 2.67.